The van der Waals surface area contributed by atoms with Crippen LogP contribution in [0.25, 0.3) is 23.3 Å². The topological polar surface area (TPSA) is 0 Å². The molecule has 0 nitrogen and oxygen atoms in total. The number of rotatable bonds is 1. The van der Waals surface area contributed by atoms with Gasteiger partial charge in [-0.25, -0.2) is 12.2 Å². The quantitative estimate of drug-likeness (QED) is 0.171. The van der Waals surface area contributed by atoms with Crippen LogP contribution >= 0.6 is 24.8 Å². The monoisotopic (exact) mass is 728 g/mol. The Kier molecular flexibility index (Phi) is 16.4. The molecule has 3 aromatic carbocycles. The largest absolute Gasteiger partial charge is 0.184 e. The molecule has 0 bridgehead atoms. The van der Waals surface area contributed by atoms with E-state index in [0.29, 0.717) is 11.3 Å². The Balaban J connectivity index is 0.000000387. The van der Waals surface area contributed by atoms with Gasteiger partial charge in [0.2, 0.25) is 0 Å². The van der Waals surface area contributed by atoms with E-state index in [1.165, 1.54) is 80.7 Å². The first-order valence-electron chi connectivity index (χ1n) is 15.8. The van der Waals surface area contributed by atoms with Crippen LogP contribution in [-0.4, -0.2) is 4.21 Å². The van der Waals surface area contributed by atoms with Crippen molar-refractivity contribution in [2.24, 2.45) is 11.3 Å². The molecule has 0 N–H and O–H groups in total. The minimum absolute atomic E-state index is 0. The van der Waals surface area contributed by atoms with Gasteiger partial charge in [-0.15, -0.1) is 36.4 Å². The number of hydrogen-bond acceptors (Lipinski definition) is 0. The van der Waals surface area contributed by atoms with Crippen molar-refractivity contribution in [3.63, 3.8) is 0 Å². The fraction of sp³-hybridized carbons (Fsp3) is 0.349. The van der Waals surface area contributed by atoms with Crippen molar-refractivity contribution in [2.75, 3.05) is 0 Å². The van der Waals surface area contributed by atoms with Gasteiger partial charge in [-0.3, -0.25) is 12.2 Å². The molecule has 4 aliphatic carbocycles. The molecule has 246 valence electrons. The molecule has 4 aliphatic rings. The molecule has 1 atom stereocenters. The van der Waals surface area contributed by atoms with E-state index in [0.717, 1.165) is 6.42 Å². The Labute approximate surface area is 308 Å². The predicted molar refractivity (Wildman–Crippen MR) is 205 cm³/mol. The van der Waals surface area contributed by atoms with E-state index in [9.17, 15) is 0 Å². The van der Waals surface area contributed by atoms with E-state index in [4.69, 9.17) is 0 Å². The molecular weight excluding hydrogens is 679 g/mol. The average molecular weight is 731 g/mol. The molecule has 46 heavy (non-hydrogen) atoms. The molecule has 0 aliphatic heterocycles. The van der Waals surface area contributed by atoms with Gasteiger partial charge in [0.05, 0.1) is 0 Å². The van der Waals surface area contributed by atoms with Crippen LogP contribution in [0.2, 0.25) is 0 Å². The zero-order chi connectivity index (χ0) is 32.7. The molecule has 0 aromatic heterocycles. The zero-order valence-electron chi connectivity index (χ0n) is 29.3. The third kappa shape index (κ3) is 9.75. The molecule has 7 rings (SSSR count). The van der Waals surface area contributed by atoms with Crippen LogP contribution in [0.4, 0.5) is 0 Å². The zero-order valence-corrected chi connectivity index (χ0v) is 33.4. The Morgan fingerprint density at radius 1 is 0.848 bits per heavy atom. The van der Waals surface area contributed by atoms with Crippen molar-refractivity contribution in [2.45, 2.75) is 86.0 Å². The second kappa shape index (κ2) is 17.9. The normalized spacial score (nSPS) is 17.2. The smallest absolute Gasteiger partial charge is 0.171 e. The number of benzene rings is 3. The fourth-order valence-electron chi connectivity index (χ4n) is 5.96. The third-order valence-electron chi connectivity index (χ3n) is 8.60. The SMILES string of the molecule is CC1(C)[C-]=Cc2cc3c(cc21)Cc1cc2c(cc1-3)C=CC2(C)C.CCC1[C-]=CC(C(C)(C)C)=C1.Cl.Cl.[CH2-]C.[CH2]=[Zr].[c-]1ccccc1. The summed E-state index contributed by atoms with van der Waals surface area (Å²) >= 11 is 1.30. The molecule has 3 heteroatoms. The van der Waals surface area contributed by atoms with Gasteiger partial charge in [0.15, 0.2) is 0 Å². The van der Waals surface area contributed by atoms with Crippen molar-refractivity contribution in [3.8, 4) is 11.1 Å². The van der Waals surface area contributed by atoms with Crippen LogP contribution in [0, 0.1) is 36.5 Å². The van der Waals surface area contributed by atoms with Gasteiger partial charge in [-0.1, -0.05) is 103 Å². The summed E-state index contributed by atoms with van der Waals surface area (Å²) in [6.07, 6.45) is 20.4. The molecule has 0 radical (unpaired) electrons. The molecule has 3 aromatic rings. The van der Waals surface area contributed by atoms with E-state index in [1.54, 1.807) is 6.92 Å². The van der Waals surface area contributed by atoms with Crippen molar-refractivity contribution < 1.29 is 24.2 Å². The van der Waals surface area contributed by atoms with E-state index >= 15 is 0 Å². The van der Waals surface area contributed by atoms with E-state index in [-0.39, 0.29) is 35.6 Å². The Bertz CT molecular complexity index is 1440. The average Bonchev–Trinajstić information content (AvgIpc) is 3.79. The molecule has 0 spiro atoms. The number of allylic oxidation sites excluding steroid dienone is 6. The van der Waals surface area contributed by atoms with Crippen LogP contribution in [0.15, 0.2) is 78.4 Å². The van der Waals surface area contributed by atoms with Crippen LogP contribution in [-0.2, 0) is 41.5 Å². The Hall–Kier alpha value is -2.05. The first-order valence-corrected chi connectivity index (χ1v) is 17.6. The Morgan fingerprint density at radius 2 is 1.41 bits per heavy atom. The van der Waals surface area contributed by atoms with Crippen molar-refractivity contribution in [1.29, 1.82) is 0 Å². The van der Waals surface area contributed by atoms with Crippen molar-refractivity contribution >= 4 is 41.2 Å². The fourth-order valence-corrected chi connectivity index (χ4v) is 5.96. The number of fused-ring (bicyclic) bond motifs is 5. The van der Waals surface area contributed by atoms with Gasteiger partial charge >= 0.3 is 28.4 Å². The molecular formula is C43H52Cl2Zr-4. The van der Waals surface area contributed by atoms with Crippen LogP contribution in [0.5, 0.6) is 0 Å². The maximum Gasteiger partial charge on any atom is -0.171 e. The van der Waals surface area contributed by atoms with Crippen molar-refractivity contribution in [1.82, 2.24) is 0 Å². The summed E-state index contributed by atoms with van der Waals surface area (Å²) in [5.41, 5.74) is 13.4. The first kappa shape index (κ1) is 42.0. The number of halogens is 2. The minimum Gasteiger partial charge on any atom is -0.184 e. The number of hydrogen-bond donors (Lipinski definition) is 0. The standard InChI is InChI=1S/C23H21.C11H17.C6H5.C2H5.CH2.2ClH.Zr/c1-22(2)7-5-14-10-18-16(12-20(14)22)9-17-13-21-15(11-19(17)18)6-8-23(21,3)4;1-5-9-6-7-10(8-9)11(2,3)4;1-2-4-6-5-3-1;1-2;;;;/h5-7,10-13H,9H2,1-4H3;7-9H,5H2,1-4H3;1-5H;1H2,2H3;1H2;2*1H;/q4*-1;;;;. The molecule has 0 saturated carbocycles. The molecule has 0 amide bonds. The summed E-state index contributed by atoms with van der Waals surface area (Å²) < 4.78 is 3.34. The maximum atomic E-state index is 3.50. The summed E-state index contributed by atoms with van der Waals surface area (Å²) in [4.78, 5) is 0. The van der Waals surface area contributed by atoms with Gasteiger partial charge in [-0.2, -0.15) is 60.5 Å². The van der Waals surface area contributed by atoms with Gasteiger partial charge in [0.25, 0.3) is 0 Å². The minimum atomic E-state index is 0. The van der Waals surface area contributed by atoms with E-state index in [2.05, 4.69) is 139 Å². The molecule has 0 saturated heterocycles. The van der Waals surface area contributed by atoms with E-state index < -0.39 is 0 Å². The van der Waals surface area contributed by atoms with Gasteiger partial charge in [0, 0.05) is 5.41 Å². The predicted octanol–water partition coefficient (Wildman–Crippen LogP) is 12.2. The van der Waals surface area contributed by atoms with Crippen LogP contribution in [0.3, 0.4) is 0 Å². The molecule has 0 heterocycles. The van der Waals surface area contributed by atoms with Gasteiger partial charge in [0.1, 0.15) is 0 Å². The summed E-state index contributed by atoms with van der Waals surface area (Å²) in [7, 11) is 0. The maximum absolute atomic E-state index is 3.50. The summed E-state index contributed by atoms with van der Waals surface area (Å²) in [5.74, 6) is 0.573. The summed E-state index contributed by atoms with van der Waals surface area (Å²) in [5, 5.41) is 0. The second-order valence-corrected chi connectivity index (χ2v) is 13.6. The van der Waals surface area contributed by atoms with Gasteiger partial charge < -0.3 is 6.92 Å². The van der Waals surface area contributed by atoms with Crippen LogP contribution in [0.1, 0.15) is 102 Å². The molecule has 0 fully saturated rings. The van der Waals surface area contributed by atoms with Crippen molar-refractivity contribution in [3.05, 3.63) is 137 Å². The summed E-state index contributed by atoms with van der Waals surface area (Å²) in [6, 6.07) is 22.2. The third-order valence-corrected chi connectivity index (χ3v) is 8.60. The molecule has 1 unspecified atom stereocenters. The van der Waals surface area contributed by atoms with Gasteiger partial charge in [-0.05, 0) is 45.9 Å². The van der Waals surface area contributed by atoms with E-state index in [1.807, 2.05) is 30.3 Å². The van der Waals surface area contributed by atoms with Crippen LogP contribution < -0.4 is 0 Å². The second-order valence-electron chi connectivity index (χ2n) is 13.6. The summed E-state index contributed by atoms with van der Waals surface area (Å²) in [6.45, 7) is 23.1. The first-order chi connectivity index (χ1) is 20.9. The Morgan fingerprint density at radius 3 is 1.87 bits per heavy atom.